The average Bonchev–Trinajstić information content (AvgIpc) is 2.61. The zero-order valence-corrected chi connectivity index (χ0v) is 10.8. The van der Waals surface area contributed by atoms with E-state index in [4.69, 9.17) is 0 Å². The number of aromatic nitrogens is 4. The highest BCUT2D eigenvalue weighted by Gasteiger charge is 2.11. The van der Waals surface area contributed by atoms with Crippen LogP contribution < -0.4 is 5.32 Å². The minimum atomic E-state index is 0.380. The Balaban J connectivity index is 2.24. The van der Waals surface area contributed by atoms with Crippen molar-refractivity contribution < 1.29 is 0 Å². The molecule has 0 aliphatic heterocycles. The van der Waals surface area contributed by atoms with E-state index in [0.717, 1.165) is 23.7 Å². The third-order valence-corrected chi connectivity index (χ3v) is 2.71. The zero-order chi connectivity index (χ0) is 12.4. The van der Waals surface area contributed by atoms with Gasteiger partial charge >= 0.3 is 0 Å². The number of nitrogens with one attached hydrogen (secondary N) is 1. The van der Waals surface area contributed by atoms with Crippen LogP contribution in [0.3, 0.4) is 0 Å². The molecular formula is C12H19N5. The Labute approximate surface area is 101 Å². The lowest BCUT2D eigenvalue weighted by molar-refractivity contribution is 0.539. The molecule has 0 fully saturated rings. The predicted molar refractivity (Wildman–Crippen MR) is 68.1 cm³/mol. The van der Waals surface area contributed by atoms with Crippen LogP contribution in [0.1, 0.15) is 33.0 Å². The fourth-order valence-electron chi connectivity index (χ4n) is 2.04. The van der Waals surface area contributed by atoms with Crippen molar-refractivity contribution in [3.05, 3.63) is 18.2 Å². The van der Waals surface area contributed by atoms with Gasteiger partial charge in [0.15, 0.2) is 5.82 Å². The van der Waals surface area contributed by atoms with E-state index in [-0.39, 0.29) is 0 Å². The number of aryl methyl sites for hydroxylation is 1. The van der Waals surface area contributed by atoms with E-state index in [2.05, 4.69) is 41.3 Å². The maximum Gasteiger partial charge on any atom is 0.203 e. The summed E-state index contributed by atoms with van der Waals surface area (Å²) < 4.78 is 1.94. The number of anilines is 1. The van der Waals surface area contributed by atoms with Crippen molar-refractivity contribution >= 4 is 11.5 Å². The molecule has 0 saturated heterocycles. The normalized spacial score (nSPS) is 13.2. The van der Waals surface area contributed by atoms with Crippen LogP contribution in [-0.2, 0) is 0 Å². The molecule has 2 aromatic rings. The lowest BCUT2D eigenvalue weighted by Gasteiger charge is -2.16. The van der Waals surface area contributed by atoms with Gasteiger partial charge in [0.25, 0.3) is 0 Å². The summed E-state index contributed by atoms with van der Waals surface area (Å²) in [6, 6.07) is 0.380. The topological polar surface area (TPSA) is 55.1 Å². The molecule has 0 aliphatic rings. The molecule has 0 aromatic carbocycles. The van der Waals surface area contributed by atoms with Gasteiger partial charge in [-0.05, 0) is 26.2 Å². The van der Waals surface area contributed by atoms with Crippen molar-refractivity contribution in [3.63, 3.8) is 0 Å². The van der Waals surface area contributed by atoms with E-state index < -0.39 is 0 Å². The van der Waals surface area contributed by atoms with E-state index in [0.29, 0.717) is 12.0 Å². The van der Waals surface area contributed by atoms with Gasteiger partial charge in [-0.15, -0.1) is 10.2 Å². The molecule has 17 heavy (non-hydrogen) atoms. The predicted octanol–water partition coefficient (Wildman–Crippen LogP) is 2.28. The van der Waals surface area contributed by atoms with Crippen LogP contribution in [0.5, 0.6) is 0 Å². The fourth-order valence-corrected chi connectivity index (χ4v) is 2.04. The molecule has 0 radical (unpaired) electrons. The summed E-state index contributed by atoms with van der Waals surface area (Å²) in [6.07, 6.45) is 4.76. The zero-order valence-electron chi connectivity index (χ0n) is 10.8. The van der Waals surface area contributed by atoms with E-state index in [9.17, 15) is 0 Å². The molecule has 0 spiro atoms. The second-order valence-corrected chi connectivity index (χ2v) is 4.89. The van der Waals surface area contributed by atoms with Crippen LogP contribution in [0.4, 0.5) is 5.82 Å². The molecule has 5 heteroatoms. The van der Waals surface area contributed by atoms with E-state index in [1.54, 1.807) is 6.20 Å². The maximum atomic E-state index is 4.33. The molecule has 0 bridgehead atoms. The molecule has 2 rings (SSSR count). The number of hydrogen-bond donors (Lipinski definition) is 1. The van der Waals surface area contributed by atoms with Gasteiger partial charge in [-0.25, -0.2) is 4.98 Å². The number of nitrogens with zero attached hydrogens (tertiary/aromatic N) is 4. The van der Waals surface area contributed by atoms with E-state index in [1.807, 2.05) is 17.5 Å². The SMILES string of the molecule is Cc1nnc2c(NC(C)CC(C)C)nccn12. The van der Waals surface area contributed by atoms with Crippen molar-refractivity contribution in [1.82, 2.24) is 19.6 Å². The number of hydrogen-bond acceptors (Lipinski definition) is 4. The molecular weight excluding hydrogens is 214 g/mol. The second-order valence-electron chi connectivity index (χ2n) is 4.89. The Morgan fingerprint density at radius 3 is 2.76 bits per heavy atom. The third kappa shape index (κ3) is 2.54. The van der Waals surface area contributed by atoms with Crippen molar-refractivity contribution in [3.8, 4) is 0 Å². The summed E-state index contributed by atoms with van der Waals surface area (Å²) in [7, 11) is 0. The van der Waals surface area contributed by atoms with Crippen molar-refractivity contribution in [1.29, 1.82) is 0 Å². The largest absolute Gasteiger partial charge is 0.364 e. The number of rotatable bonds is 4. The van der Waals surface area contributed by atoms with Gasteiger partial charge in [0.2, 0.25) is 5.65 Å². The van der Waals surface area contributed by atoms with Crippen LogP contribution >= 0.6 is 0 Å². The molecule has 0 amide bonds. The first-order chi connectivity index (χ1) is 8.08. The minimum Gasteiger partial charge on any atom is -0.364 e. The van der Waals surface area contributed by atoms with Crippen LogP contribution in [0.15, 0.2) is 12.4 Å². The van der Waals surface area contributed by atoms with Crippen molar-refractivity contribution in [2.45, 2.75) is 40.2 Å². The maximum absolute atomic E-state index is 4.33. The summed E-state index contributed by atoms with van der Waals surface area (Å²) in [5.74, 6) is 2.35. The Hall–Kier alpha value is -1.65. The first-order valence-electron chi connectivity index (χ1n) is 6.00. The van der Waals surface area contributed by atoms with Gasteiger partial charge in [0.1, 0.15) is 5.82 Å². The van der Waals surface area contributed by atoms with Crippen molar-refractivity contribution in [2.75, 3.05) is 5.32 Å². The summed E-state index contributed by atoms with van der Waals surface area (Å²) in [5.41, 5.74) is 0.792. The highest BCUT2D eigenvalue weighted by Crippen LogP contribution is 2.15. The van der Waals surface area contributed by atoms with Gasteiger partial charge in [-0.3, -0.25) is 4.40 Å². The molecule has 1 atom stereocenters. The first-order valence-corrected chi connectivity index (χ1v) is 6.00. The van der Waals surface area contributed by atoms with Crippen LogP contribution in [0, 0.1) is 12.8 Å². The van der Waals surface area contributed by atoms with Gasteiger partial charge in [-0.2, -0.15) is 0 Å². The molecule has 0 aliphatic carbocycles. The van der Waals surface area contributed by atoms with Gasteiger partial charge in [-0.1, -0.05) is 13.8 Å². The second kappa shape index (κ2) is 4.69. The lowest BCUT2D eigenvalue weighted by atomic mass is 10.1. The standard InChI is InChI=1S/C12H19N5/c1-8(2)7-9(3)14-11-12-16-15-10(4)17(12)6-5-13-11/h5-6,8-9H,7H2,1-4H3,(H,13,14). The first kappa shape index (κ1) is 11.8. The third-order valence-electron chi connectivity index (χ3n) is 2.71. The Morgan fingerprint density at radius 2 is 2.06 bits per heavy atom. The molecule has 92 valence electrons. The summed E-state index contributed by atoms with van der Waals surface area (Å²) in [5, 5.41) is 11.6. The molecule has 1 unspecified atom stereocenters. The highest BCUT2D eigenvalue weighted by molar-refractivity contribution is 5.62. The van der Waals surface area contributed by atoms with Crippen LogP contribution in [-0.4, -0.2) is 25.6 Å². The van der Waals surface area contributed by atoms with Gasteiger partial charge in [0.05, 0.1) is 0 Å². The Kier molecular flexibility index (Phi) is 3.26. The Bertz CT molecular complexity index is 503. The van der Waals surface area contributed by atoms with E-state index >= 15 is 0 Å². The Morgan fingerprint density at radius 1 is 1.29 bits per heavy atom. The van der Waals surface area contributed by atoms with Crippen LogP contribution in [0.2, 0.25) is 0 Å². The van der Waals surface area contributed by atoms with E-state index in [1.165, 1.54) is 0 Å². The average molecular weight is 233 g/mol. The quantitative estimate of drug-likeness (QED) is 0.880. The molecule has 1 N–H and O–H groups in total. The molecule has 5 nitrogen and oxygen atoms in total. The molecule has 2 aromatic heterocycles. The smallest absolute Gasteiger partial charge is 0.203 e. The van der Waals surface area contributed by atoms with Gasteiger partial charge in [0, 0.05) is 18.4 Å². The lowest BCUT2D eigenvalue weighted by Crippen LogP contribution is -2.18. The summed E-state index contributed by atoms with van der Waals surface area (Å²) in [6.45, 7) is 8.52. The highest BCUT2D eigenvalue weighted by atomic mass is 15.3. The summed E-state index contributed by atoms with van der Waals surface area (Å²) in [4.78, 5) is 4.33. The fraction of sp³-hybridized carbons (Fsp3) is 0.583. The summed E-state index contributed by atoms with van der Waals surface area (Å²) >= 11 is 0. The molecule has 0 saturated carbocycles. The van der Waals surface area contributed by atoms with Crippen LogP contribution in [0.25, 0.3) is 5.65 Å². The molecule has 2 heterocycles. The van der Waals surface area contributed by atoms with Crippen molar-refractivity contribution in [2.24, 2.45) is 5.92 Å². The number of fused-ring (bicyclic) bond motifs is 1. The van der Waals surface area contributed by atoms with Gasteiger partial charge < -0.3 is 5.32 Å². The minimum absolute atomic E-state index is 0.380. The monoisotopic (exact) mass is 233 g/mol.